The van der Waals surface area contributed by atoms with E-state index in [4.69, 9.17) is 10.2 Å². The lowest BCUT2D eigenvalue weighted by Crippen LogP contribution is -2.31. The third kappa shape index (κ3) is 2.88. The lowest BCUT2D eigenvalue weighted by Gasteiger charge is -2.23. The van der Waals surface area contributed by atoms with E-state index in [1.54, 1.807) is 6.26 Å². The minimum absolute atomic E-state index is 0.227. The van der Waals surface area contributed by atoms with E-state index in [9.17, 15) is 0 Å². The summed E-state index contributed by atoms with van der Waals surface area (Å²) in [6, 6.07) is 4.16. The fraction of sp³-hybridized carbons (Fsp3) is 0.636. The van der Waals surface area contributed by atoms with Crippen LogP contribution in [-0.2, 0) is 6.42 Å². The first kappa shape index (κ1) is 10.3. The first-order valence-electron chi connectivity index (χ1n) is 4.89. The van der Waals surface area contributed by atoms with Crippen LogP contribution >= 0.6 is 0 Å². The van der Waals surface area contributed by atoms with Gasteiger partial charge >= 0.3 is 0 Å². The summed E-state index contributed by atoms with van der Waals surface area (Å²) >= 11 is 0. The monoisotopic (exact) mass is 181 g/mol. The van der Waals surface area contributed by atoms with E-state index in [2.05, 4.69) is 20.8 Å². The molecule has 0 spiro atoms. The zero-order chi connectivity index (χ0) is 9.84. The predicted molar refractivity (Wildman–Crippen MR) is 54.4 cm³/mol. The molecule has 1 aromatic rings. The van der Waals surface area contributed by atoms with Gasteiger partial charge in [0, 0.05) is 12.5 Å². The van der Waals surface area contributed by atoms with Crippen LogP contribution in [0.3, 0.4) is 0 Å². The number of furan rings is 1. The van der Waals surface area contributed by atoms with Crippen LogP contribution in [0.5, 0.6) is 0 Å². The molecule has 0 aliphatic carbocycles. The van der Waals surface area contributed by atoms with Crippen molar-refractivity contribution in [3.05, 3.63) is 24.2 Å². The van der Waals surface area contributed by atoms with Gasteiger partial charge in [-0.15, -0.1) is 0 Å². The number of rotatable bonds is 4. The molecular weight excluding hydrogens is 162 g/mol. The van der Waals surface area contributed by atoms with E-state index in [-0.39, 0.29) is 6.04 Å². The van der Waals surface area contributed by atoms with Gasteiger partial charge in [-0.05, 0) is 30.9 Å². The number of hydrogen-bond acceptors (Lipinski definition) is 2. The Morgan fingerprint density at radius 3 is 2.46 bits per heavy atom. The van der Waals surface area contributed by atoms with Crippen LogP contribution in [0, 0.1) is 11.8 Å². The molecule has 0 saturated heterocycles. The average molecular weight is 181 g/mol. The summed E-state index contributed by atoms with van der Waals surface area (Å²) in [5.41, 5.74) is 5.91. The summed E-state index contributed by atoms with van der Waals surface area (Å²) < 4.78 is 5.31. The van der Waals surface area contributed by atoms with Crippen LogP contribution < -0.4 is 5.73 Å². The second-order valence-corrected chi connectivity index (χ2v) is 4.05. The minimum Gasteiger partial charge on any atom is -0.469 e. The molecule has 0 aromatic carbocycles. The van der Waals surface area contributed by atoms with Gasteiger partial charge in [0.25, 0.3) is 0 Å². The van der Waals surface area contributed by atoms with Crippen molar-refractivity contribution in [3.8, 4) is 0 Å². The molecule has 1 heterocycles. The van der Waals surface area contributed by atoms with Crippen LogP contribution in [0.1, 0.15) is 26.5 Å². The molecule has 0 saturated carbocycles. The third-order valence-corrected chi connectivity index (χ3v) is 2.55. The molecule has 2 heteroatoms. The van der Waals surface area contributed by atoms with Crippen LogP contribution in [-0.4, -0.2) is 6.04 Å². The van der Waals surface area contributed by atoms with E-state index in [0.717, 1.165) is 12.2 Å². The molecule has 13 heavy (non-hydrogen) atoms. The highest BCUT2D eigenvalue weighted by atomic mass is 16.3. The highest BCUT2D eigenvalue weighted by Gasteiger charge is 2.19. The van der Waals surface area contributed by atoms with E-state index < -0.39 is 0 Å². The molecule has 0 bridgehead atoms. The number of hydrogen-bond donors (Lipinski definition) is 1. The van der Waals surface area contributed by atoms with E-state index in [0.29, 0.717) is 11.8 Å². The summed E-state index contributed by atoms with van der Waals surface area (Å²) in [4.78, 5) is 0. The van der Waals surface area contributed by atoms with Crippen molar-refractivity contribution in [2.75, 3.05) is 0 Å². The van der Waals surface area contributed by atoms with Gasteiger partial charge in [-0.3, -0.25) is 0 Å². The van der Waals surface area contributed by atoms with Gasteiger partial charge in [0.15, 0.2) is 0 Å². The van der Waals surface area contributed by atoms with Gasteiger partial charge in [-0.25, -0.2) is 0 Å². The summed E-state index contributed by atoms with van der Waals surface area (Å²) in [6.07, 6.45) is 2.66. The zero-order valence-corrected chi connectivity index (χ0v) is 8.66. The van der Waals surface area contributed by atoms with Gasteiger partial charge in [0.1, 0.15) is 5.76 Å². The highest BCUT2D eigenvalue weighted by molar-refractivity contribution is 5.00. The second-order valence-electron chi connectivity index (χ2n) is 4.05. The molecule has 0 radical (unpaired) electrons. The second kappa shape index (κ2) is 4.47. The lowest BCUT2D eigenvalue weighted by molar-refractivity contribution is 0.308. The van der Waals surface area contributed by atoms with Crippen molar-refractivity contribution in [1.29, 1.82) is 0 Å². The molecule has 2 atom stereocenters. The molecule has 1 rings (SSSR count). The maximum atomic E-state index is 5.91. The van der Waals surface area contributed by atoms with Gasteiger partial charge in [0.2, 0.25) is 0 Å². The maximum Gasteiger partial charge on any atom is 0.104 e. The normalized spacial score (nSPS) is 16.1. The average Bonchev–Trinajstić information content (AvgIpc) is 2.50. The van der Waals surface area contributed by atoms with Crippen molar-refractivity contribution < 1.29 is 4.42 Å². The molecule has 2 unspecified atom stereocenters. The predicted octanol–water partition coefficient (Wildman–Crippen LogP) is 2.44. The van der Waals surface area contributed by atoms with Gasteiger partial charge < -0.3 is 10.2 Å². The Morgan fingerprint density at radius 2 is 2.08 bits per heavy atom. The fourth-order valence-corrected chi connectivity index (χ4v) is 1.69. The van der Waals surface area contributed by atoms with Crippen LogP contribution in [0.25, 0.3) is 0 Å². The Morgan fingerprint density at radius 1 is 1.38 bits per heavy atom. The largest absolute Gasteiger partial charge is 0.469 e. The van der Waals surface area contributed by atoms with Crippen LogP contribution in [0.2, 0.25) is 0 Å². The highest BCUT2D eigenvalue weighted by Crippen LogP contribution is 2.19. The van der Waals surface area contributed by atoms with Crippen molar-refractivity contribution in [2.24, 2.45) is 17.6 Å². The molecule has 2 nitrogen and oxygen atoms in total. The lowest BCUT2D eigenvalue weighted by atomic mass is 9.86. The summed E-state index contributed by atoms with van der Waals surface area (Å²) in [5.74, 6) is 2.15. The smallest absolute Gasteiger partial charge is 0.104 e. The molecular formula is C11H19NO. The molecule has 2 N–H and O–H groups in total. The first-order chi connectivity index (χ1) is 6.11. The van der Waals surface area contributed by atoms with Crippen molar-refractivity contribution in [3.63, 3.8) is 0 Å². The van der Waals surface area contributed by atoms with Crippen molar-refractivity contribution >= 4 is 0 Å². The Kier molecular flexibility index (Phi) is 3.55. The Hall–Kier alpha value is -0.760. The molecule has 0 amide bonds. The Balaban J connectivity index is 2.58. The topological polar surface area (TPSA) is 39.2 Å². The maximum absolute atomic E-state index is 5.91. The van der Waals surface area contributed by atoms with Crippen LogP contribution in [0.4, 0.5) is 0 Å². The van der Waals surface area contributed by atoms with Gasteiger partial charge in [-0.2, -0.15) is 0 Å². The summed E-state index contributed by atoms with van der Waals surface area (Å²) in [7, 11) is 0. The Labute approximate surface area is 80.1 Å². The fourth-order valence-electron chi connectivity index (χ4n) is 1.69. The SMILES string of the molecule is CC(C)C(Cc1ccco1)C(C)N. The van der Waals surface area contributed by atoms with Crippen molar-refractivity contribution in [1.82, 2.24) is 0 Å². The van der Waals surface area contributed by atoms with E-state index in [1.807, 2.05) is 12.1 Å². The first-order valence-corrected chi connectivity index (χ1v) is 4.89. The standard InChI is InChI=1S/C11H19NO/c1-8(2)11(9(3)12)7-10-5-4-6-13-10/h4-6,8-9,11H,7,12H2,1-3H3. The molecule has 0 aliphatic heterocycles. The van der Waals surface area contributed by atoms with Crippen molar-refractivity contribution in [2.45, 2.75) is 33.2 Å². The van der Waals surface area contributed by atoms with Gasteiger partial charge in [-0.1, -0.05) is 13.8 Å². The summed E-state index contributed by atoms with van der Waals surface area (Å²) in [6.45, 7) is 6.47. The molecule has 0 fully saturated rings. The van der Waals surface area contributed by atoms with Gasteiger partial charge in [0.05, 0.1) is 6.26 Å². The molecule has 1 aromatic heterocycles. The van der Waals surface area contributed by atoms with E-state index in [1.165, 1.54) is 0 Å². The zero-order valence-electron chi connectivity index (χ0n) is 8.66. The number of nitrogens with two attached hydrogens (primary N) is 1. The molecule has 0 aliphatic rings. The van der Waals surface area contributed by atoms with Crippen LogP contribution in [0.15, 0.2) is 22.8 Å². The summed E-state index contributed by atoms with van der Waals surface area (Å²) in [5, 5.41) is 0. The third-order valence-electron chi connectivity index (χ3n) is 2.55. The quantitative estimate of drug-likeness (QED) is 0.775. The van der Waals surface area contributed by atoms with E-state index >= 15 is 0 Å². The molecule has 74 valence electrons. The minimum atomic E-state index is 0.227. The Bertz CT molecular complexity index is 218.